The van der Waals surface area contributed by atoms with Gasteiger partial charge in [-0.2, -0.15) is 0 Å². The Morgan fingerprint density at radius 1 is 0.867 bits per heavy atom. The van der Waals surface area contributed by atoms with Crippen molar-refractivity contribution in [2.45, 2.75) is 37.2 Å². The number of nitro benzene ring substituents is 1. The molecule has 4 aromatic carbocycles. The molecule has 4 rings (SSSR count). The number of benzene rings is 4. The zero-order valence-corrected chi connectivity index (χ0v) is 25.4. The van der Waals surface area contributed by atoms with Crippen molar-refractivity contribution < 1.29 is 27.3 Å². The summed E-state index contributed by atoms with van der Waals surface area (Å²) in [7, 11) is -4.35. The summed E-state index contributed by atoms with van der Waals surface area (Å²) in [5.41, 5.74) is 1.07. The van der Waals surface area contributed by atoms with E-state index in [0.717, 1.165) is 22.0 Å². The first kappa shape index (κ1) is 32.8. The molecular formula is C33H33FN4O6S. The molecule has 10 nitrogen and oxygen atoms in total. The normalized spacial score (nSPS) is 11.8. The van der Waals surface area contributed by atoms with Crippen molar-refractivity contribution in [1.82, 2.24) is 10.2 Å². The van der Waals surface area contributed by atoms with E-state index in [-0.39, 0.29) is 29.2 Å². The number of carbonyl (C=O) groups is 2. The molecule has 0 aromatic heterocycles. The number of rotatable bonds is 14. The minimum atomic E-state index is -4.35. The first-order chi connectivity index (χ1) is 21.6. The van der Waals surface area contributed by atoms with Crippen LogP contribution in [0.2, 0.25) is 0 Å². The lowest BCUT2D eigenvalue weighted by atomic mass is 10.0. The quantitative estimate of drug-likeness (QED) is 0.152. The summed E-state index contributed by atoms with van der Waals surface area (Å²) in [4.78, 5) is 39.8. The van der Waals surface area contributed by atoms with Crippen LogP contribution in [0, 0.1) is 15.9 Å². The molecule has 0 aliphatic rings. The first-order valence-corrected chi connectivity index (χ1v) is 15.7. The monoisotopic (exact) mass is 632 g/mol. The number of hydrogen-bond donors (Lipinski definition) is 1. The molecule has 0 heterocycles. The fraction of sp³-hybridized carbons (Fsp3) is 0.212. The molecule has 0 aliphatic carbocycles. The van der Waals surface area contributed by atoms with E-state index in [2.05, 4.69) is 5.32 Å². The maximum Gasteiger partial charge on any atom is 0.269 e. The molecule has 1 N–H and O–H groups in total. The van der Waals surface area contributed by atoms with Crippen molar-refractivity contribution in [1.29, 1.82) is 0 Å². The molecule has 234 valence electrons. The number of halogens is 1. The van der Waals surface area contributed by atoms with Gasteiger partial charge in [0.15, 0.2) is 0 Å². The molecule has 45 heavy (non-hydrogen) atoms. The summed E-state index contributed by atoms with van der Waals surface area (Å²) in [5.74, 6) is -1.61. The third kappa shape index (κ3) is 8.51. The van der Waals surface area contributed by atoms with Crippen LogP contribution in [0.1, 0.15) is 24.5 Å². The maximum absolute atomic E-state index is 14.3. The van der Waals surface area contributed by atoms with Gasteiger partial charge in [0.25, 0.3) is 15.7 Å². The molecular weight excluding hydrogens is 599 g/mol. The maximum atomic E-state index is 14.3. The molecule has 0 bridgehead atoms. The summed E-state index contributed by atoms with van der Waals surface area (Å²) in [6.45, 7) is 1.42. The molecule has 4 aromatic rings. The predicted octanol–water partition coefficient (Wildman–Crippen LogP) is 5.10. The largest absolute Gasteiger partial charge is 0.354 e. The van der Waals surface area contributed by atoms with Crippen LogP contribution in [-0.2, 0) is 32.6 Å². The number of sulfonamides is 1. The van der Waals surface area contributed by atoms with Gasteiger partial charge in [-0.25, -0.2) is 12.8 Å². The zero-order valence-electron chi connectivity index (χ0n) is 24.6. The highest BCUT2D eigenvalue weighted by atomic mass is 32.2. The van der Waals surface area contributed by atoms with E-state index in [1.165, 1.54) is 65.6 Å². The lowest BCUT2D eigenvalue weighted by Crippen LogP contribution is -2.53. The van der Waals surface area contributed by atoms with E-state index in [1.807, 2.05) is 37.3 Å². The number of nitrogens with zero attached hydrogens (tertiary/aromatic N) is 3. The third-order valence-corrected chi connectivity index (χ3v) is 8.83. The summed E-state index contributed by atoms with van der Waals surface area (Å²) in [6.07, 6.45) is 0.783. The molecule has 0 aliphatic heterocycles. The second-order valence-electron chi connectivity index (χ2n) is 10.2. The van der Waals surface area contributed by atoms with Crippen LogP contribution in [0.15, 0.2) is 114 Å². The van der Waals surface area contributed by atoms with E-state index >= 15 is 0 Å². The fourth-order valence-corrected chi connectivity index (χ4v) is 6.13. The second-order valence-corrected chi connectivity index (χ2v) is 12.1. The third-order valence-electron chi connectivity index (χ3n) is 7.05. The molecule has 1 atom stereocenters. The minimum absolute atomic E-state index is 0.0228. The minimum Gasteiger partial charge on any atom is -0.354 e. The van der Waals surface area contributed by atoms with E-state index in [4.69, 9.17) is 0 Å². The van der Waals surface area contributed by atoms with Crippen LogP contribution >= 0.6 is 0 Å². The van der Waals surface area contributed by atoms with Gasteiger partial charge in [0.05, 0.1) is 15.5 Å². The summed E-state index contributed by atoms with van der Waals surface area (Å²) in [6, 6.07) is 25.8. The average Bonchev–Trinajstić information content (AvgIpc) is 3.05. The van der Waals surface area contributed by atoms with E-state index in [1.54, 1.807) is 6.07 Å². The van der Waals surface area contributed by atoms with Crippen molar-refractivity contribution in [3.8, 4) is 0 Å². The Morgan fingerprint density at radius 3 is 2.04 bits per heavy atom. The number of nitro groups is 1. The highest BCUT2D eigenvalue weighted by Gasteiger charge is 2.34. The Hall–Kier alpha value is -5.10. The van der Waals surface area contributed by atoms with Crippen molar-refractivity contribution >= 4 is 33.2 Å². The smallest absolute Gasteiger partial charge is 0.269 e. The molecule has 0 spiro atoms. The van der Waals surface area contributed by atoms with Crippen LogP contribution in [0.3, 0.4) is 0 Å². The SMILES string of the molecule is CCCNC(=O)[C@@H](Cc1ccccc1)N(Cc1ccc(F)cc1)C(=O)CN(c1ccc([N+](=O)[O-])cc1)S(=O)(=O)c1ccccc1. The molecule has 12 heteroatoms. The van der Waals surface area contributed by atoms with Crippen molar-refractivity contribution in [3.63, 3.8) is 0 Å². The van der Waals surface area contributed by atoms with Crippen LogP contribution < -0.4 is 9.62 Å². The molecule has 2 amide bonds. The van der Waals surface area contributed by atoms with Gasteiger partial charge in [-0.3, -0.25) is 24.0 Å². The van der Waals surface area contributed by atoms with Gasteiger partial charge in [-0.15, -0.1) is 0 Å². The number of anilines is 1. The molecule has 0 saturated carbocycles. The van der Waals surface area contributed by atoms with E-state index in [0.29, 0.717) is 18.5 Å². The lowest BCUT2D eigenvalue weighted by molar-refractivity contribution is -0.384. The van der Waals surface area contributed by atoms with Gasteiger partial charge in [0, 0.05) is 31.6 Å². The Labute approximate surface area is 261 Å². The molecule has 0 unspecified atom stereocenters. The highest BCUT2D eigenvalue weighted by Crippen LogP contribution is 2.27. The number of hydrogen-bond acceptors (Lipinski definition) is 6. The van der Waals surface area contributed by atoms with E-state index < -0.39 is 45.2 Å². The number of nitrogens with one attached hydrogen (secondary N) is 1. The highest BCUT2D eigenvalue weighted by molar-refractivity contribution is 7.92. The molecule has 0 fully saturated rings. The Morgan fingerprint density at radius 2 is 1.47 bits per heavy atom. The van der Waals surface area contributed by atoms with Crippen LogP contribution in [0.5, 0.6) is 0 Å². The van der Waals surface area contributed by atoms with Gasteiger partial charge in [0.1, 0.15) is 18.4 Å². The summed E-state index contributed by atoms with van der Waals surface area (Å²) >= 11 is 0. The fourth-order valence-electron chi connectivity index (χ4n) is 4.70. The van der Waals surface area contributed by atoms with Gasteiger partial charge in [-0.1, -0.05) is 67.6 Å². The van der Waals surface area contributed by atoms with Gasteiger partial charge < -0.3 is 10.2 Å². The number of amides is 2. The first-order valence-electron chi connectivity index (χ1n) is 14.3. The average molecular weight is 633 g/mol. The topological polar surface area (TPSA) is 130 Å². The standard InChI is InChI=1S/C33H33FN4O6S/c1-2-21-35-33(40)31(22-25-9-5-3-6-10-25)36(23-26-13-15-27(34)16-14-26)32(39)24-37(28-17-19-29(20-18-28)38(41)42)45(43,44)30-11-7-4-8-12-30/h3-20,31H,2,21-24H2,1H3,(H,35,40)/t31-/m1/s1. The predicted molar refractivity (Wildman–Crippen MR) is 168 cm³/mol. The Balaban J connectivity index is 1.79. The van der Waals surface area contributed by atoms with Crippen molar-refractivity contribution in [3.05, 3.63) is 136 Å². The van der Waals surface area contributed by atoms with Gasteiger partial charge >= 0.3 is 0 Å². The van der Waals surface area contributed by atoms with Crippen LogP contribution in [0.4, 0.5) is 15.8 Å². The van der Waals surface area contributed by atoms with Crippen LogP contribution in [-0.4, -0.2) is 49.2 Å². The van der Waals surface area contributed by atoms with Gasteiger partial charge in [0.2, 0.25) is 11.8 Å². The van der Waals surface area contributed by atoms with Gasteiger partial charge in [-0.05, 0) is 53.9 Å². The number of non-ortho nitro benzene ring substituents is 1. The molecule has 0 saturated heterocycles. The summed E-state index contributed by atoms with van der Waals surface area (Å²) in [5, 5.41) is 14.1. The lowest BCUT2D eigenvalue weighted by Gasteiger charge is -2.34. The Kier molecular flexibility index (Phi) is 11.0. The van der Waals surface area contributed by atoms with Crippen LogP contribution in [0.25, 0.3) is 0 Å². The number of carbonyl (C=O) groups excluding carboxylic acids is 2. The van der Waals surface area contributed by atoms with Crippen molar-refractivity contribution in [2.24, 2.45) is 0 Å². The summed E-state index contributed by atoms with van der Waals surface area (Å²) < 4.78 is 42.5. The van der Waals surface area contributed by atoms with E-state index in [9.17, 15) is 32.5 Å². The van der Waals surface area contributed by atoms with Crippen molar-refractivity contribution in [2.75, 3.05) is 17.4 Å². The molecule has 0 radical (unpaired) electrons. The Bertz CT molecular complexity index is 1700. The second kappa shape index (κ2) is 15.1. The zero-order chi connectivity index (χ0) is 32.4.